The Morgan fingerprint density at radius 1 is 1.50 bits per heavy atom. The fourth-order valence-electron chi connectivity index (χ4n) is 2.39. The van der Waals surface area contributed by atoms with Gasteiger partial charge in [-0.25, -0.2) is 0 Å². The van der Waals surface area contributed by atoms with Crippen molar-refractivity contribution in [2.75, 3.05) is 18.4 Å². The van der Waals surface area contributed by atoms with Crippen molar-refractivity contribution in [2.24, 2.45) is 5.41 Å². The van der Waals surface area contributed by atoms with Gasteiger partial charge in [0.15, 0.2) is 0 Å². The highest BCUT2D eigenvalue weighted by atomic mass is 79.9. The number of halogens is 1. The molecule has 1 saturated carbocycles. The molecule has 16 heavy (non-hydrogen) atoms. The van der Waals surface area contributed by atoms with Gasteiger partial charge in [-0.05, 0) is 36.2 Å². The molecule has 1 nitrogen and oxygen atoms in total. The standard InChI is InChI=1S/C13H20BrNS/c1-2-15(9-12-5-3-8-16-12)11-13(10-14)6-4-7-13/h3,5,8H,2,4,6-7,9-11H2,1H3. The van der Waals surface area contributed by atoms with Crippen LogP contribution in [0.15, 0.2) is 17.5 Å². The van der Waals surface area contributed by atoms with E-state index in [1.54, 1.807) is 0 Å². The SMILES string of the molecule is CCN(Cc1cccs1)CC1(CBr)CCC1. The Hall–Kier alpha value is 0.140. The van der Waals surface area contributed by atoms with Crippen LogP contribution in [0, 0.1) is 5.41 Å². The number of rotatable bonds is 6. The zero-order valence-electron chi connectivity index (χ0n) is 9.92. The minimum absolute atomic E-state index is 0.577. The number of hydrogen-bond donors (Lipinski definition) is 0. The van der Waals surface area contributed by atoms with Gasteiger partial charge in [0, 0.05) is 23.3 Å². The van der Waals surface area contributed by atoms with E-state index >= 15 is 0 Å². The molecule has 0 aromatic carbocycles. The molecule has 0 radical (unpaired) electrons. The zero-order valence-corrected chi connectivity index (χ0v) is 12.3. The Kier molecular flexibility index (Phi) is 4.45. The van der Waals surface area contributed by atoms with Gasteiger partial charge in [-0.3, -0.25) is 4.90 Å². The summed E-state index contributed by atoms with van der Waals surface area (Å²) >= 11 is 5.57. The van der Waals surface area contributed by atoms with Crippen molar-refractivity contribution in [1.29, 1.82) is 0 Å². The number of thiophene rings is 1. The Labute approximate surface area is 111 Å². The van der Waals surface area contributed by atoms with E-state index in [0.717, 1.165) is 13.1 Å². The molecule has 1 fully saturated rings. The largest absolute Gasteiger partial charge is 0.298 e. The molecule has 1 aromatic rings. The minimum Gasteiger partial charge on any atom is -0.298 e. The lowest BCUT2D eigenvalue weighted by Gasteiger charge is -2.43. The number of nitrogens with zero attached hydrogens (tertiary/aromatic N) is 1. The third kappa shape index (κ3) is 2.88. The Morgan fingerprint density at radius 3 is 2.75 bits per heavy atom. The van der Waals surface area contributed by atoms with E-state index < -0.39 is 0 Å². The highest BCUT2D eigenvalue weighted by molar-refractivity contribution is 9.09. The van der Waals surface area contributed by atoms with E-state index in [1.165, 1.54) is 36.0 Å². The number of hydrogen-bond acceptors (Lipinski definition) is 2. The summed E-state index contributed by atoms with van der Waals surface area (Å²) in [7, 11) is 0. The van der Waals surface area contributed by atoms with Crippen LogP contribution in [0.2, 0.25) is 0 Å². The maximum absolute atomic E-state index is 3.69. The lowest BCUT2D eigenvalue weighted by Crippen LogP contribution is -2.43. The average molecular weight is 302 g/mol. The van der Waals surface area contributed by atoms with Crippen LogP contribution < -0.4 is 0 Å². The van der Waals surface area contributed by atoms with Crippen LogP contribution in [-0.4, -0.2) is 23.3 Å². The molecule has 0 amide bonds. The summed E-state index contributed by atoms with van der Waals surface area (Å²) in [6, 6.07) is 4.40. The summed E-state index contributed by atoms with van der Waals surface area (Å²) in [5.41, 5.74) is 0.577. The van der Waals surface area contributed by atoms with Gasteiger partial charge < -0.3 is 0 Å². The van der Waals surface area contributed by atoms with Crippen LogP contribution in [0.1, 0.15) is 31.1 Å². The molecule has 1 aliphatic carbocycles. The molecule has 1 aromatic heterocycles. The first kappa shape index (κ1) is 12.6. The smallest absolute Gasteiger partial charge is 0.0328 e. The predicted octanol–water partition coefficient (Wildman–Crippen LogP) is 4.14. The van der Waals surface area contributed by atoms with E-state index in [0.29, 0.717) is 5.41 Å². The van der Waals surface area contributed by atoms with E-state index in [1.807, 2.05) is 11.3 Å². The molecule has 0 spiro atoms. The lowest BCUT2D eigenvalue weighted by molar-refractivity contribution is 0.0907. The van der Waals surface area contributed by atoms with Crippen LogP contribution in [0.4, 0.5) is 0 Å². The van der Waals surface area contributed by atoms with Crippen LogP contribution in [-0.2, 0) is 6.54 Å². The maximum atomic E-state index is 3.69. The summed E-state index contributed by atoms with van der Waals surface area (Å²) in [6.45, 7) is 5.82. The van der Waals surface area contributed by atoms with Gasteiger partial charge in [0.1, 0.15) is 0 Å². The summed E-state index contributed by atoms with van der Waals surface area (Å²) in [4.78, 5) is 4.08. The summed E-state index contributed by atoms with van der Waals surface area (Å²) in [6.07, 6.45) is 4.22. The fraction of sp³-hybridized carbons (Fsp3) is 0.692. The molecule has 0 saturated heterocycles. The second-order valence-electron chi connectivity index (χ2n) is 4.87. The quantitative estimate of drug-likeness (QED) is 0.714. The molecular formula is C13H20BrNS. The Bertz CT molecular complexity index is 300. The zero-order chi connectivity index (χ0) is 11.4. The first-order valence-corrected chi connectivity index (χ1v) is 8.09. The van der Waals surface area contributed by atoms with Gasteiger partial charge in [-0.1, -0.05) is 35.3 Å². The Balaban J connectivity index is 1.90. The molecule has 0 unspecified atom stereocenters. The maximum Gasteiger partial charge on any atom is 0.0328 e. The van der Waals surface area contributed by atoms with Gasteiger partial charge in [0.05, 0.1) is 0 Å². The molecule has 90 valence electrons. The van der Waals surface area contributed by atoms with Crippen molar-refractivity contribution < 1.29 is 0 Å². The lowest BCUT2D eigenvalue weighted by atomic mass is 9.70. The van der Waals surface area contributed by atoms with Gasteiger partial charge in [0.2, 0.25) is 0 Å². The number of alkyl halides is 1. The van der Waals surface area contributed by atoms with Gasteiger partial charge in [-0.15, -0.1) is 11.3 Å². The third-order valence-electron chi connectivity index (χ3n) is 3.66. The van der Waals surface area contributed by atoms with Crippen molar-refractivity contribution in [2.45, 2.75) is 32.7 Å². The molecule has 2 rings (SSSR count). The summed E-state index contributed by atoms with van der Waals surface area (Å²) < 4.78 is 0. The Morgan fingerprint density at radius 2 is 2.31 bits per heavy atom. The average Bonchev–Trinajstić information content (AvgIpc) is 2.74. The van der Waals surface area contributed by atoms with Crippen molar-refractivity contribution in [3.05, 3.63) is 22.4 Å². The molecule has 1 aliphatic rings. The van der Waals surface area contributed by atoms with E-state index in [2.05, 4.69) is 45.3 Å². The van der Waals surface area contributed by atoms with E-state index in [4.69, 9.17) is 0 Å². The predicted molar refractivity (Wildman–Crippen MR) is 75.3 cm³/mol. The first-order valence-electron chi connectivity index (χ1n) is 6.09. The molecule has 0 bridgehead atoms. The van der Waals surface area contributed by atoms with E-state index in [9.17, 15) is 0 Å². The van der Waals surface area contributed by atoms with Gasteiger partial charge in [-0.2, -0.15) is 0 Å². The second kappa shape index (κ2) is 5.65. The first-order chi connectivity index (χ1) is 7.78. The van der Waals surface area contributed by atoms with Crippen LogP contribution in [0.3, 0.4) is 0 Å². The molecule has 0 aliphatic heterocycles. The molecular weight excluding hydrogens is 282 g/mol. The third-order valence-corrected chi connectivity index (χ3v) is 5.71. The molecule has 0 N–H and O–H groups in total. The van der Waals surface area contributed by atoms with Crippen molar-refractivity contribution in [3.8, 4) is 0 Å². The van der Waals surface area contributed by atoms with E-state index in [-0.39, 0.29) is 0 Å². The minimum atomic E-state index is 0.577. The highest BCUT2D eigenvalue weighted by Crippen LogP contribution is 2.43. The van der Waals surface area contributed by atoms with Crippen molar-refractivity contribution in [1.82, 2.24) is 4.90 Å². The summed E-state index contributed by atoms with van der Waals surface area (Å²) in [5, 5.41) is 3.34. The highest BCUT2D eigenvalue weighted by Gasteiger charge is 2.37. The van der Waals surface area contributed by atoms with Gasteiger partial charge >= 0.3 is 0 Å². The summed E-state index contributed by atoms with van der Waals surface area (Å²) in [5.74, 6) is 0. The molecule has 1 heterocycles. The second-order valence-corrected chi connectivity index (χ2v) is 6.46. The van der Waals surface area contributed by atoms with Crippen LogP contribution in [0.25, 0.3) is 0 Å². The fourth-order valence-corrected chi connectivity index (χ4v) is 3.87. The monoisotopic (exact) mass is 301 g/mol. The van der Waals surface area contributed by atoms with Gasteiger partial charge in [0.25, 0.3) is 0 Å². The van der Waals surface area contributed by atoms with Crippen LogP contribution >= 0.6 is 27.3 Å². The van der Waals surface area contributed by atoms with Crippen molar-refractivity contribution in [3.63, 3.8) is 0 Å². The topological polar surface area (TPSA) is 3.24 Å². The van der Waals surface area contributed by atoms with Crippen LogP contribution in [0.5, 0.6) is 0 Å². The normalized spacial score (nSPS) is 18.7. The molecule has 3 heteroatoms. The molecule has 0 atom stereocenters. The van der Waals surface area contributed by atoms with Crippen molar-refractivity contribution >= 4 is 27.3 Å².